The highest BCUT2D eigenvalue weighted by Gasteiger charge is 2.24. The van der Waals surface area contributed by atoms with Crippen LogP contribution in [0.5, 0.6) is 0 Å². The zero-order valence-electron chi connectivity index (χ0n) is 15.3. The number of carbonyl (C=O) groups is 1. The molecule has 0 unspecified atom stereocenters. The molecule has 1 amide bonds. The van der Waals surface area contributed by atoms with Gasteiger partial charge in [0, 0.05) is 38.1 Å². The van der Waals surface area contributed by atoms with E-state index in [0.29, 0.717) is 44.1 Å². The summed E-state index contributed by atoms with van der Waals surface area (Å²) in [5, 5.41) is 3.23. The van der Waals surface area contributed by atoms with Gasteiger partial charge in [-0.3, -0.25) is 9.78 Å². The number of hydrogen-bond acceptors (Lipinski definition) is 5. The second kappa shape index (κ2) is 8.12. The van der Waals surface area contributed by atoms with Gasteiger partial charge in [0.2, 0.25) is 0 Å². The lowest BCUT2D eigenvalue weighted by atomic mass is 10.2. The Kier molecular flexibility index (Phi) is 5.23. The third kappa shape index (κ3) is 3.98. The van der Waals surface area contributed by atoms with Crippen molar-refractivity contribution in [1.82, 2.24) is 9.88 Å². The van der Waals surface area contributed by atoms with Crippen molar-refractivity contribution in [3.63, 3.8) is 0 Å². The minimum Gasteiger partial charge on any atom is -0.467 e. The Hall–Kier alpha value is -3.35. The van der Waals surface area contributed by atoms with Crippen LogP contribution in [0.2, 0.25) is 0 Å². The number of anilines is 2. The monoisotopic (exact) mass is 380 g/mol. The molecule has 3 heterocycles. The van der Waals surface area contributed by atoms with Gasteiger partial charge in [-0.2, -0.15) is 0 Å². The first-order chi connectivity index (χ1) is 13.7. The quantitative estimate of drug-likeness (QED) is 0.735. The van der Waals surface area contributed by atoms with Gasteiger partial charge in [0.05, 0.1) is 18.5 Å². The van der Waals surface area contributed by atoms with Crippen LogP contribution in [0.1, 0.15) is 16.2 Å². The van der Waals surface area contributed by atoms with Crippen LogP contribution < -0.4 is 10.2 Å². The third-order valence-corrected chi connectivity index (χ3v) is 4.79. The molecule has 0 atom stereocenters. The molecule has 144 valence electrons. The van der Waals surface area contributed by atoms with E-state index in [1.807, 2.05) is 29.2 Å². The molecular formula is C21H21FN4O2. The van der Waals surface area contributed by atoms with Crippen LogP contribution in [0.15, 0.2) is 65.4 Å². The number of para-hydroxylation sites is 1. The molecule has 28 heavy (non-hydrogen) atoms. The highest BCUT2D eigenvalue weighted by molar-refractivity contribution is 5.93. The summed E-state index contributed by atoms with van der Waals surface area (Å²) in [5.74, 6) is 0.461. The number of rotatable bonds is 5. The van der Waals surface area contributed by atoms with Crippen LogP contribution in [0.25, 0.3) is 0 Å². The summed E-state index contributed by atoms with van der Waals surface area (Å²) in [6, 6.07) is 14.0. The van der Waals surface area contributed by atoms with Gasteiger partial charge in [-0.25, -0.2) is 4.39 Å². The molecule has 2 aromatic heterocycles. The smallest absolute Gasteiger partial charge is 0.272 e. The fourth-order valence-corrected chi connectivity index (χ4v) is 3.28. The second-order valence-electron chi connectivity index (χ2n) is 6.59. The Morgan fingerprint density at radius 1 is 1.11 bits per heavy atom. The van der Waals surface area contributed by atoms with Crippen LogP contribution in [-0.2, 0) is 6.54 Å². The van der Waals surface area contributed by atoms with E-state index in [0.717, 1.165) is 11.4 Å². The Balaban J connectivity index is 1.37. The van der Waals surface area contributed by atoms with Crippen molar-refractivity contribution in [3.05, 3.63) is 78.3 Å². The average Bonchev–Trinajstić information content (AvgIpc) is 3.26. The molecule has 1 saturated heterocycles. The summed E-state index contributed by atoms with van der Waals surface area (Å²) < 4.78 is 19.3. The van der Waals surface area contributed by atoms with Crippen molar-refractivity contribution in [3.8, 4) is 0 Å². The number of nitrogens with one attached hydrogen (secondary N) is 1. The molecule has 3 aromatic rings. The number of halogens is 1. The zero-order chi connectivity index (χ0) is 19.3. The zero-order valence-corrected chi connectivity index (χ0v) is 15.3. The first kappa shape index (κ1) is 18.0. The van der Waals surface area contributed by atoms with Gasteiger partial charge in [-0.1, -0.05) is 12.1 Å². The summed E-state index contributed by atoms with van der Waals surface area (Å²) in [7, 11) is 0. The predicted molar refractivity (Wildman–Crippen MR) is 105 cm³/mol. The van der Waals surface area contributed by atoms with Gasteiger partial charge < -0.3 is 19.5 Å². The van der Waals surface area contributed by atoms with E-state index in [-0.39, 0.29) is 11.7 Å². The lowest BCUT2D eigenvalue weighted by molar-refractivity contribution is 0.0741. The summed E-state index contributed by atoms with van der Waals surface area (Å²) in [5.41, 5.74) is 1.78. The molecule has 0 aliphatic carbocycles. The topological polar surface area (TPSA) is 61.6 Å². The predicted octanol–water partition coefficient (Wildman–Crippen LogP) is 3.39. The molecule has 7 heteroatoms. The largest absolute Gasteiger partial charge is 0.467 e. The highest BCUT2D eigenvalue weighted by atomic mass is 19.1. The van der Waals surface area contributed by atoms with Gasteiger partial charge in [-0.15, -0.1) is 0 Å². The molecule has 0 bridgehead atoms. The summed E-state index contributed by atoms with van der Waals surface area (Å²) in [6.07, 6.45) is 3.24. The second-order valence-corrected chi connectivity index (χ2v) is 6.59. The number of nitrogens with zero attached hydrogens (tertiary/aromatic N) is 3. The maximum atomic E-state index is 14.0. The Bertz CT molecular complexity index is 937. The number of benzene rings is 1. The van der Waals surface area contributed by atoms with E-state index in [4.69, 9.17) is 4.42 Å². The number of hydrogen-bond donors (Lipinski definition) is 1. The normalized spacial score (nSPS) is 14.2. The van der Waals surface area contributed by atoms with E-state index in [1.165, 1.54) is 6.07 Å². The lowest BCUT2D eigenvalue weighted by Gasteiger charge is -2.36. The lowest BCUT2D eigenvalue weighted by Crippen LogP contribution is -2.49. The summed E-state index contributed by atoms with van der Waals surface area (Å²) >= 11 is 0. The van der Waals surface area contributed by atoms with E-state index in [1.54, 1.807) is 35.6 Å². The Morgan fingerprint density at radius 3 is 2.68 bits per heavy atom. The molecule has 0 spiro atoms. The van der Waals surface area contributed by atoms with Crippen LogP contribution in [0.4, 0.5) is 15.8 Å². The number of amides is 1. The molecular weight excluding hydrogens is 359 g/mol. The van der Waals surface area contributed by atoms with Gasteiger partial charge in [0.1, 0.15) is 17.3 Å². The summed E-state index contributed by atoms with van der Waals surface area (Å²) in [6.45, 7) is 2.76. The van der Waals surface area contributed by atoms with Crippen molar-refractivity contribution in [2.45, 2.75) is 6.54 Å². The van der Waals surface area contributed by atoms with E-state index in [9.17, 15) is 9.18 Å². The number of piperazine rings is 1. The van der Waals surface area contributed by atoms with Crippen molar-refractivity contribution in [2.24, 2.45) is 0 Å². The molecule has 0 radical (unpaired) electrons. The molecule has 1 fully saturated rings. The van der Waals surface area contributed by atoms with Crippen LogP contribution in [-0.4, -0.2) is 42.0 Å². The molecule has 6 nitrogen and oxygen atoms in total. The molecule has 1 aliphatic rings. The van der Waals surface area contributed by atoms with Gasteiger partial charge in [0.15, 0.2) is 0 Å². The fourth-order valence-electron chi connectivity index (χ4n) is 3.28. The first-order valence-electron chi connectivity index (χ1n) is 9.22. The number of aromatic nitrogens is 1. The van der Waals surface area contributed by atoms with E-state index < -0.39 is 0 Å². The molecule has 0 saturated carbocycles. The fraction of sp³-hybridized carbons (Fsp3) is 0.238. The number of furan rings is 1. The molecule has 1 aliphatic heterocycles. The van der Waals surface area contributed by atoms with Crippen LogP contribution in [0.3, 0.4) is 0 Å². The maximum Gasteiger partial charge on any atom is 0.272 e. The van der Waals surface area contributed by atoms with Gasteiger partial charge in [0.25, 0.3) is 5.91 Å². The van der Waals surface area contributed by atoms with Gasteiger partial charge in [-0.05, 0) is 36.4 Å². The minimum atomic E-state index is -0.237. The van der Waals surface area contributed by atoms with Gasteiger partial charge >= 0.3 is 0 Å². The van der Waals surface area contributed by atoms with Crippen molar-refractivity contribution >= 4 is 17.3 Å². The van der Waals surface area contributed by atoms with Crippen molar-refractivity contribution in [2.75, 3.05) is 36.4 Å². The van der Waals surface area contributed by atoms with Crippen molar-refractivity contribution < 1.29 is 13.6 Å². The summed E-state index contributed by atoms with van der Waals surface area (Å²) in [4.78, 5) is 20.8. The van der Waals surface area contributed by atoms with E-state index in [2.05, 4.69) is 10.3 Å². The maximum absolute atomic E-state index is 14.0. The third-order valence-electron chi connectivity index (χ3n) is 4.79. The standard InChI is InChI=1S/C21H21FN4O2/c22-18-5-1-2-6-20(18)25-9-11-26(12-10-25)21(27)19-14-16(7-8-23-19)24-15-17-4-3-13-28-17/h1-8,13-14H,9-12,15H2,(H,23,24). The number of carbonyl (C=O) groups excluding carboxylic acids is 1. The Morgan fingerprint density at radius 2 is 1.93 bits per heavy atom. The van der Waals surface area contributed by atoms with Crippen LogP contribution in [0, 0.1) is 5.82 Å². The average molecular weight is 380 g/mol. The van der Waals surface area contributed by atoms with E-state index >= 15 is 0 Å². The molecule has 1 aromatic carbocycles. The minimum absolute atomic E-state index is 0.116. The SMILES string of the molecule is O=C(c1cc(NCc2ccco2)ccn1)N1CCN(c2ccccc2F)CC1. The van der Waals surface area contributed by atoms with Crippen LogP contribution >= 0.6 is 0 Å². The highest BCUT2D eigenvalue weighted by Crippen LogP contribution is 2.21. The molecule has 4 rings (SSSR count). The first-order valence-corrected chi connectivity index (χ1v) is 9.22. The molecule has 1 N–H and O–H groups in total. The Labute approximate surface area is 162 Å². The number of pyridine rings is 1. The van der Waals surface area contributed by atoms with Crippen molar-refractivity contribution in [1.29, 1.82) is 0 Å².